The van der Waals surface area contributed by atoms with Gasteiger partial charge in [0.15, 0.2) is 0 Å². The Morgan fingerprint density at radius 1 is 1.45 bits per heavy atom. The minimum absolute atomic E-state index is 0.0944. The molecule has 1 aliphatic rings. The second-order valence-electron chi connectivity index (χ2n) is 4.67. The molecule has 110 valence electrons. The summed E-state index contributed by atoms with van der Waals surface area (Å²) in [7, 11) is 0. The standard InChI is InChI=1S/C14H21N3O3/c1-3-19-12-7-8-15-14(16-12)17-9-5-6-11(10-17)13(18)20-4-2/h7-8,11H,3-6,9-10H2,1-2H3. The summed E-state index contributed by atoms with van der Waals surface area (Å²) in [5.74, 6) is 0.960. The average molecular weight is 279 g/mol. The third kappa shape index (κ3) is 3.59. The van der Waals surface area contributed by atoms with E-state index in [0.717, 1.165) is 19.4 Å². The van der Waals surface area contributed by atoms with Gasteiger partial charge in [0.2, 0.25) is 11.8 Å². The van der Waals surface area contributed by atoms with Crippen LogP contribution >= 0.6 is 0 Å². The van der Waals surface area contributed by atoms with E-state index in [2.05, 4.69) is 9.97 Å². The van der Waals surface area contributed by atoms with Crippen molar-refractivity contribution in [1.82, 2.24) is 9.97 Å². The molecule has 1 atom stereocenters. The fourth-order valence-corrected chi connectivity index (χ4v) is 2.32. The minimum Gasteiger partial charge on any atom is -0.478 e. The summed E-state index contributed by atoms with van der Waals surface area (Å²) in [6.07, 6.45) is 3.48. The Balaban J connectivity index is 2.04. The first kappa shape index (κ1) is 14.6. The van der Waals surface area contributed by atoms with Gasteiger partial charge in [0.25, 0.3) is 0 Å². The first-order chi connectivity index (χ1) is 9.74. The number of carbonyl (C=O) groups is 1. The summed E-state index contributed by atoms with van der Waals surface area (Å²) in [5, 5.41) is 0. The van der Waals surface area contributed by atoms with Gasteiger partial charge in [-0.1, -0.05) is 0 Å². The zero-order valence-corrected chi connectivity index (χ0v) is 12.0. The topological polar surface area (TPSA) is 64.5 Å². The largest absolute Gasteiger partial charge is 0.478 e. The van der Waals surface area contributed by atoms with Gasteiger partial charge in [0.05, 0.1) is 19.1 Å². The van der Waals surface area contributed by atoms with Gasteiger partial charge in [-0.15, -0.1) is 0 Å². The molecule has 0 aromatic carbocycles. The number of ether oxygens (including phenoxy) is 2. The lowest BCUT2D eigenvalue weighted by Crippen LogP contribution is -2.40. The van der Waals surface area contributed by atoms with Crippen molar-refractivity contribution in [2.45, 2.75) is 26.7 Å². The molecule has 0 spiro atoms. The van der Waals surface area contributed by atoms with Crippen LogP contribution in [0, 0.1) is 5.92 Å². The zero-order valence-electron chi connectivity index (χ0n) is 12.0. The number of hydrogen-bond donors (Lipinski definition) is 0. The molecule has 1 saturated heterocycles. The van der Waals surface area contributed by atoms with E-state index in [1.165, 1.54) is 0 Å². The Morgan fingerprint density at radius 3 is 3.05 bits per heavy atom. The summed E-state index contributed by atoms with van der Waals surface area (Å²) < 4.78 is 10.5. The highest BCUT2D eigenvalue weighted by Gasteiger charge is 2.28. The van der Waals surface area contributed by atoms with Crippen molar-refractivity contribution in [2.24, 2.45) is 5.92 Å². The summed E-state index contributed by atoms with van der Waals surface area (Å²) in [5.41, 5.74) is 0. The summed E-state index contributed by atoms with van der Waals surface area (Å²) in [6, 6.07) is 1.74. The third-order valence-electron chi connectivity index (χ3n) is 3.23. The van der Waals surface area contributed by atoms with Crippen LogP contribution in [0.4, 0.5) is 5.95 Å². The molecule has 1 aromatic rings. The van der Waals surface area contributed by atoms with Gasteiger partial charge in [-0.05, 0) is 26.7 Å². The number of carbonyl (C=O) groups excluding carboxylic acids is 1. The molecule has 0 radical (unpaired) electrons. The van der Waals surface area contributed by atoms with Crippen molar-refractivity contribution >= 4 is 11.9 Å². The lowest BCUT2D eigenvalue weighted by atomic mass is 9.98. The Bertz CT molecular complexity index is 453. The van der Waals surface area contributed by atoms with E-state index in [0.29, 0.717) is 31.6 Å². The summed E-state index contributed by atoms with van der Waals surface area (Å²) in [4.78, 5) is 22.5. The first-order valence-electron chi connectivity index (χ1n) is 7.12. The molecule has 0 aliphatic carbocycles. The van der Waals surface area contributed by atoms with Crippen LogP contribution in [0.15, 0.2) is 12.3 Å². The lowest BCUT2D eigenvalue weighted by molar-refractivity contribution is -0.148. The Morgan fingerprint density at radius 2 is 2.30 bits per heavy atom. The van der Waals surface area contributed by atoms with Crippen molar-refractivity contribution < 1.29 is 14.3 Å². The van der Waals surface area contributed by atoms with Gasteiger partial charge in [0.1, 0.15) is 0 Å². The summed E-state index contributed by atoms with van der Waals surface area (Å²) in [6.45, 7) is 6.19. The van der Waals surface area contributed by atoms with Gasteiger partial charge in [-0.3, -0.25) is 4.79 Å². The van der Waals surface area contributed by atoms with Crippen LogP contribution in [0.5, 0.6) is 5.88 Å². The molecular formula is C14H21N3O3. The van der Waals surface area contributed by atoms with E-state index in [9.17, 15) is 4.79 Å². The molecular weight excluding hydrogens is 258 g/mol. The highest BCUT2D eigenvalue weighted by molar-refractivity contribution is 5.73. The second-order valence-corrected chi connectivity index (χ2v) is 4.67. The molecule has 1 aromatic heterocycles. The van der Waals surface area contributed by atoms with E-state index >= 15 is 0 Å². The van der Waals surface area contributed by atoms with E-state index in [1.807, 2.05) is 18.7 Å². The van der Waals surface area contributed by atoms with Gasteiger partial charge in [0, 0.05) is 25.4 Å². The van der Waals surface area contributed by atoms with Crippen LogP contribution in [-0.4, -0.2) is 42.2 Å². The number of anilines is 1. The smallest absolute Gasteiger partial charge is 0.310 e. The predicted molar refractivity (Wildman–Crippen MR) is 74.8 cm³/mol. The molecule has 6 heteroatoms. The Hall–Kier alpha value is -1.85. The number of piperidine rings is 1. The quantitative estimate of drug-likeness (QED) is 0.764. The highest BCUT2D eigenvalue weighted by atomic mass is 16.5. The molecule has 1 aliphatic heterocycles. The number of aromatic nitrogens is 2. The maximum atomic E-state index is 11.8. The van der Waals surface area contributed by atoms with E-state index < -0.39 is 0 Å². The van der Waals surface area contributed by atoms with Crippen molar-refractivity contribution in [3.8, 4) is 5.88 Å². The van der Waals surface area contributed by atoms with Crippen LogP contribution in [-0.2, 0) is 9.53 Å². The average Bonchev–Trinajstić information content (AvgIpc) is 2.48. The van der Waals surface area contributed by atoms with Crippen LogP contribution in [0.3, 0.4) is 0 Å². The normalized spacial score (nSPS) is 18.7. The molecule has 6 nitrogen and oxygen atoms in total. The number of hydrogen-bond acceptors (Lipinski definition) is 6. The van der Waals surface area contributed by atoms with Crippen molar-refractivity contribution in [1.29, 1.82) is 0 Å². The molecule has 1 fully saturated rings. The van der Waals surface area contributed by atoms with E-state index in [1.54, 1.807) is 12.3 Å². The van der Waals surface area contributed by atoms with Crippen molar-refractivity contribution in [2.75, 3.05) is 31.2 Å². The van der Waals surface area contributed by atoms with E-state index in [-0.39, 0.29) is 11.9 Å². The van der Waals surface area contributed by atoms with Crippen LogP contribution in [0.2, 0.25) is 0 Å². The fourth-order valence-electron chi connectivity index (χ4n) is 2.32. The molecule has 0 N–H and O–H groups in total. The molecule has 1 unspecified atom stereocenters. The molecule has 2 rings (SSSR count). The third-order valence-corrected chi connectivity index (χ3v) is 3.23. The Kier molecular flexibility index (Phi) is 5.15. The van der Waals surface area contributed by atoms with E-state index in [4.69, 9.17) is 9.47 Å². The maximum absolute atomic E-state index is 11.8. The van der Waals surface area contributed by atoms with Crippen LogP contribution in [0.25, 0.3) is 0 Å². The molecule has 0 amide bonds. The van der Waals surface area contributed by atoms with Gasteiger partial charge in [-0.25, -0.2) is 4.98 Å². The molecule has 0 saturated carbocycles. The van der Waals surface area contributed by atoms with Gasteiger partial charge < -0.3 is 14.4 Å². The minimum atomic E-state index is -0.127. The number of nitrogens with zero attached hydrogens (tertiary/aromatic N) is 3. The fraction of sp³-hybridized carbons (Fsp3) is 0.643. The summed E-state index contributed by atoms with van der Waals surface area (Å²) >= 11 is 0. The zero-order chi connectivity index (χ0) is 14.4. The predicted octanol–water partition coefficient (Wildman–Crippen LogP) is 1.65. The molecule has 0 bridgehead atoms. The monoisotopic (exact) mass is 279 g/mol. The first-order valence-corrected chi connectivity index (χ1v) is 7.12. The number of rotatable bonds is 5. The lowest BCUT2D eigenvalue weighted by Gasteiger charge is -2.31. The molecule has 20 heavy (non-hydrogen) atoms. The second kappa shape index (κ2) is 7.07. The van der Waals surface area contributed by atoms with Crippen LogP contribution < -0.4 is 9.64 Å². The number of esters is 1. The Labute approximate surface area is 119 Å². The molecule has 2 heterocycles. The van der Waals surface area contributed by atoms with Crippen molar-refractivity contribution in [3.05, 3.63) is 12.3 Å². The van der Waals surface area contributed by atoms with Gasteiger partial charge in [-0.2, -0.15) is 4.98 Å². The van der Waals surface area contributed by atoms with Crippen LogP contribution in [0.1, 0.15) is 26.7 Å². The maximum Gasteiger partial charge on any atom is 0.310 e. The SMILES string of the molecule is CCOC(=O)C1CCCN(c2nccc(OCC)n2)C1. The van der Waals surface area contributed by atoms with Crippen molar-refractivity contribution in [3.63, 3.8) is 0 Å². The highest BCUT2D eigenvalue weighted by Crippen LogP contribution is 2.22. The van der Waals surface area contributed by atoms with Gasteiger partial charge >= 0.3 is 5.97 Å².